The molecule has 1 fully saturated rings. The van der Waals surface area contributed by atoms with Crippen LogP contribution >= 0.6 is 0 Å². The van der Waals surface area contributed by atoms with Crippen LogP contribution in [0.25, 0.3) is 0 Å². The molecule has 1 saturated heterocycles. The van der Waals surface area contributed by atoms with Crippen molar-refractivity contribution in [3.05, 3.63) is 48.4 Å². The standard InChI is InChI=1S/C20H23N3O6/c1-27-15-4-6-16(7-5-15)29-14-18(24)21-13-19(25)22-8-10-23(11-9-22)20(26)17-3-2-12-28-17/h2-7,12H,8-11,13-14H2,1H3,(H,21,24). The van der Waals surface area contributed by atoms with Crippen molar-refractivity contribution in [1.82, 2.24) is 15.1 Å². The summed E-state index contributed by atoms with van der Waals surface area (Å²) >= 11 is 0. The van der Waals surface area contributed by atoms with Crippen LogP contribution in [0.2, 0.25) is 0 Å². The molecule has 0 bridgehead atoms. The molecule has 1 N–H and O–H groups in total. The van der Waals surface area contributed by atoms with E-state index < -0.39 is 0 Å². The number of furan rings is 1. The van der Waals surface area contributed by atoms with Crippen molar-refractivity contribution in [1.29, 1.82) is 0 Å². The molecule has 9 nitrogen and oxygen atoms in total. The van der Waals surface area contributed by atoms with Crippen LogP contribution in [0.4, 0.5) is 0 Å². The molecule has 0 radical (unpaired) electrons. The van der Waals surface area contributed by atoms with Gasteiger partial charge in [0.05, 0.1) is 19.9 Å². The number of carbonyl (C=O) groups excluding carboxylic acids is 3. The van der Waals surface area contributed by atoms with Gasteiger partial charge in [-0.25, -0.2) is 0 Å². The number of ether oxygens (including phenoxy) is 2. The van der Waals surface area contributed by atoms with Crippen molar-refractivity contribution in [2.75, 3.05) is 46.4 Å². The number of piperazine rings is 1. The number of methoxy groups -OCH3 is 1. The third-order valence-corrected chi connectivity index (χ3v) is 4.52. The molecule has 3 rings (SSSR count). The van der Waals surface area contributed by atoms with Crippen molar-refractivity contribution < 1.29 is 28.3 Å². The summed E-state index contributed by atoms with van der Waals surface area (Å²) < 4.78 is 15.5. The van der Waals surface area contributed by atoms with E-state index in [1.54, 1.807) is 53.3 Å². The Morgan fingerprint density at radius 2 is 1.66 bits per heavy atom. The van der Waals surface area contributed by atoms with Gasteiger partial charge in [-0.2, -0.15) is 0 Å². The van der Waals surface area contributed by atoms with Crippen molar-refractivity contribution in [2.24, 2.45) is 0 Å². The summed E-state index contributed by atoms with van der Waals surface area (Å²) in [5.74, 6) is 0.733. The third kappa shape index (κ3) is 5.50. The third-order valence-electron chi connectivity index (χ3n) is 4.52. The summed E-state index contributed by atoms with van der Waals surface area (Å²) in [4.78, 5) is 39.7. The van der Waals surface area contributed by atoms with Gasteiger partial charge in [0.2, 0.25) is 5.91 Å². The first-order chi connectivity index (χ1) is 14.1. The van der Waals surface area contributed by atoms with E-state index in [1.807, 2.05) is 0 Å². The van der Waals surface area contributed by atoms with E-state index in [0.29, 0.717) is 37.7 Å². The van der Waals surface area contributed by atoms with Crippen molar-refractivity contribution in [3.63, 3.8) is 0 Å². The number of hydrogen-bond donors (Lipinski definition) is 1. The van der Waals surface area contributed by atoms with Crippen LogP contribution in [0.1, 0.15) is 10.6 Å². The molecule has 0 spiro atoms. The maximum atomic E-state index is 12.3. The van der Waals surface area contributed by atoms with E-state index >= 15 is 0 Å². The Morgan fingerprint density at radius 3 is 2.28 bits per heavy atom. The molecule has 2 aromatic rings. The second kappa shape index (κ2) is 9.63. The van der Waals surface area contributed by atoms with Gasteiger partial charge in [0.1, 0.15) is 11.5 Å². The Kier molecular flexibility index (Phi) is 6.72. The van der Waals surface area contributed by atoms with E-state index in [4.69, 9.17) is 13.9 Å². The SMILES string of the molecule is COc1ccc(OCC(=O)NCC(=O)N2CCN(C(=O)c3ccco3)CC2)cc1. The van der Waals surface area contributed by atoms with E-state index in [1.165, 1.54) is 6.26 Å². The zero-order chi connectivity index (χ0) is 20.6. The van der Waals surface area contributed by atoms with Gasteiger partial charge in [-0.1, -0.05) is 0 Å². The Labute approximate surface area is 168 Å². The number of carbonyl (C=O) groups is 3. The first-order valence-electron chi connectivity index (χ1n) is 9.21. The first-order valence-corrected chi connectivity index (χ1v) is 9.21. The molecule has 0 aliphatic carbocycles. The number of benzene rings is 1. The molecule has 1 aromatic heterocycles. The fourth-order valence-electron chi connectivity index (χ4n) is 2.87. The van der Waals surface area contributed by atoms with Crippen molar-refractivity contribution in [2.45, 2.75) is 0 Å². The predicted molar refractivity (Wildman–Crippen MR) is 103 cm³/mol. The van der Waals surface area contributed by atoms with E-state index in [2.05, 4.69) is 5.32 Å². The number of nitrogens with one attached hydrogen (secondary N) is 1. The quantitative estimate of drug-likeness (QED) is 0.735. The predicted octanol–water partition coefficient (Wildman–Crippen LogP) is 0.768. The van der Waals surface area contributed by atoms with Gasteiger partial charge in [0.25, 0.3) is 11.8 Å². The Morgan fingerprint density at radius 1 is 1.00 bits per heavy atom. The second-order valence-corrected chi connectivity index (χ2v) is 6.39. The van der Waals surface area contributed by atoms with E-state index in [-0.39, 0.29) is 36.6 Å². The van der Waals surface area contributed by atoms with Gasteiger partial charge >= 0.3 is 0 Å². The van der Waals surface area contributed by atoms with Crippen LogP contribution in [0.15, 0.2) is 47.1 Å². The highest BCUT2D eigenvalue weighted by atomic mass is 16.5. The molecule has 0 atom stereocenters. The molecular formula is C20H23N3O6. The summed E-state index contributed by atoms with van der Waals surface area (Å²) in [6.45, 7) is 1.34. The molecule has 2 heterocycles. The normalized spacial score (nSPS) is 13.7. The van der Waals surface area contributed by atoms with Gasteiger partial charge < -0.3 is 29.0 Å². The monoisotopic (exact) mass is 401 g/mol. The second-order valence-electron chi connectivity index (χ2n) is 6.39. The molecule has 29 heavy (non-hydrogen) atoms. The van der Waals surface area contributed by atoms with Crippen LogP contribution in [0.3, 0.4) is 0 Å². The summed E-state index contributed by atoms with van der Waals surface area (Å²) in [7, 11) is 1.57. The fraction of sp³-hybridized carbons (Fsp3) is 0.350. The Hall–Kier alpha value is -3.49. The van der Waals surface area contributed by atoms with Gasteiger partial charge in [0.15, 0.2) is 12.4 Å². The summed E-state index contributed by atoms with van der Waals surface area (Å²) in [5.41, 5.74) is 0. The lowest BCUT2D eigenvalue weighted by Crippen LogP contribution is -2.52. The van der Waals surface area contributed by atoms with Crippen LogP contribution < -0.4 is 14.8 Å². The highest BCUT2D eigenvalue weighted by Crippen LogP contribution is 2.16. The summed E-state index contributed by atoms with van der Waals surface area (Å²) in [6.07, 6.45) is 1.45. The first kappa shape index (κ1) is 20.2. The minimum Gasteiger partial charge on any atom is -0.497 e. The van der Waals surface area contributed by atoms with Crippen LogP contribution in [0.5, 0.6) is 11.5 Å². The lowest BCUT2D eigenvalue weighted by atomic mass is 10.2. The van der Waals surface area contributed by atoms with Gasteiger partial charge in [0, 0.05) is 26.2 Å². The van der Waals surface area contributed by atoms with Gasteiger partial charge in [-0.3, -0.25) is 14.4 Å². The molecular weight excluding hydrogens is 378 g/mol. The molecule has 1 aliphatic heterocycles. The highest BCUT2D eigenvalue weighted by Gasteiger charge is 2.26. The van der Waals surface area contributed by atoms with Gasteiger partial charge in [-0.15, -0.1) is 0 Å². The van der Waals surface area contributed by atoms with Crippen LogP contribution in [0, 0.1) is 0 Å². The van der Waals surface area contributed by atoms with Crippen molar-refractivity contribution in [3.8, 4) is 11.5 Å². The molecule has 1 aromatic carbocycles. The number of nitrogens with zero attached hydrogens (tertiary/aromatic N) is 2. The fourth-order valence-corrected chi connectivity index (χ4v) is 2.87. The van der Waals surface area contributed by atoms with Crippen molar-refractivity contribution >= 4 is 17.7 Å². The topological polar surface area (TPSA) is 101 Å². The molecule has 0 saturated carbocycles. The van der Waals surface area contributed by atoms with E-state index in [0.717, 1.165) is 0 Å². The molecule has 9 heteroatoms. The van der Waals surface area contributed by atoms with E-state index in [9.17, 15) is 14.4 Å². The molecule has 3 amide bonds. The average molecular weight is 401 g/mol. The number of hydrogen-bond acceptors (Lipinski definition) is 6. The molecule has 154 valence electrons. The smallest absolute Gasteiger partial charge is 0.289 e. The largest absolute Gasteiger partial charge is 0.497 e. The van der Waals surface area contributed by atoms with Crippen LogP contribution in [-0.2, 0) is 9.59 Å². The average Bonchev–Trinajstić information content (AvgIpc) is 3.31. The lowest BCUT2D eigenvalue weighted by molar-refractivity contribution is -0.134. The number of rotatable bonds is 7. The zero-order valence-corrected chi connectivity index (χ0v) is 16.1. The minimum absolute atomic E-state index is 0.114. The maximum Gasteiger partial charge on any atom is 0.289 e. The Balaban J connectivity index is 1.36. The highest BCUT2D eigenvalue weighted by molar-refractivity contribution is 5.91. The van der Waals surface area contributed by atoms with Crippen LogP contribution in [-0.4, -0.2) is 74.0 Å². The number of amides is 3. The molecule has 1 aliphatic rings. The zero-order valence-electron chi connectivity index (χ0n) is 16.1. The Bertz CT molecular complexity index is 826. The summed E-state index contributed by atoms with van der Waals surface area (Å²) in [6, 6.07) is 10.1. The lowest BCUT2D eigenvalue weighted by Gasteiger charge is -2.34. The minimum atomic E-state index is -0.388. The van der Waals surface area contributed by atoms with Gasteiger partial charge in [-0.05, 0) is 36.4 Å². The molecule has 0 unspecified atom stereocenters. The maximum absolute atomic E-state index is 12.3. The summed E-state index contributed by atoms with van der Waals surface area (Å²) in [5, 5.41) is 2.55.